The van der Waals surface area contributed by atoms with Crippen LogP contribution in [-0.4, -0.2) is 4.57 Å². The van der Waals surface area contributed by atoms with Gasteiger partial charge in [-0.3, -0.25) is 0 Å². The molecule has 1 nitrogen and oxygen atoms in total. The monoisotopic (exact) mass is 433 g/mol. The Hall–Kier alpha value is -2.06. The van der Waals surface area contributed by atoms with Crippen molar-refractivity contribution in [1.82, 2.24) is 4.57 Å². The minimum absolute atomic E-state index is 0.0819. The molecule has 0 spiro atoms. The zero-order chi connectivity index (χ0) is 20.3. The Morgan fingerprint density at radius 3 is 2.07 bits per heavy atom. The molecule has 28 heavy (non-hydrogen) atoms. The molecular formula is C26H28BrN. The van der Waals surface area contributed by atoms with Gasteiger partial charge in [-0.05, 0) is 52.3 Å². The van der Waals surface area contributed by atoms with E-state index in [0.717, 1.165) is 4.47 Å². The lowest BCUT2D eigenvalue weighted by molar-refractivity contribution is 0.591. The van der Waals surface area contributed by atoms with E-state index in [0.29, 0.717) is 0 Å². The van der Waals surface area contributed by atoms with Gasteiger partial charge in [-0.15, -0.1) is 0 Å². The molecule has 4 rings (SSSR count). The van der Waals surface area contributed by atoms with E-state index in [1.807, 2.05) is 0 Å². The van der Waals surface area contributed by atoms with Crippen molar-refractivity contribution >= 4 is 37.7 Å². The molecule has 0 saturated heterocycles. The van der Waals surface area contributed by atoms with Crippen LogP contribution in [0.25, 0.3) is 27.5 Å². The average Bonchev–Trinajstić information content (AvgIpc) is 2.93. The van der Waals surface area contributed by atoms with E-state index in [4.69, 9.17) is 0 Å². The molecule has 1 aromatic heterocycles. The third kappa shape index (κ3) is 3.18. The molecular weight excluding hydrogens is 406 g/mol. The number of hydrogen-bond donors (Lipinski definition) is 0. The van der Waals surface area contributed by atoms with Gasteiger partial charge < -0.3 is 4.57 Å². The van der Waals surface area contributed by atoms with Crippen molar-refractivity contribution in [2.75, 3.05) is 0 Å². The molecule has 0 saturated carbocycles. The standard InChI is InChI=1S/C26H28BrN/c1-25(2,3)17-13-14-20-23(15-17)28(19-10-7-9-18(27)16-19)22-12-8-11-21(24(20)22)26(4,5)6/h7-16H,1-6H3. The van der Waals surface area contributed by atoms with E-state index in [9.17, 15) is 0 Å². The van der Waals surface area contributed by atoms with Gasteiger partial charge in [0, 0.05) is 20.9 Å². The minimum Gasteiger partial charge on any atom is -0.309 e. The first-order chi connectivity index (χ1) is 13.1. The highest BCUT2D eigenvalue weighted by molar-refractivity contribution is 9.10. The molecule has 4 aromatic rings. The smallest absolute Gasteiger partial charge is 0.0544 e. The number of nitrogens with zero attached hydrogens (tertiary/aromatic N) is 1. The summed E-state index contributed by atoms with van der Waals surface area (Å²) in [5.41, 5.74) is 6.68. The zero-order valence-corrected chi connectivity index (χ0v) is 19.2. The Labute approximate surface area is 176 Å². The zero-order valence-electron chi connectivity index (χ0n) is 17.6. The fourth-order valence-corrected chi connectivity index (χ4v) is 4.44. The topological polar surface area (TPSA) is 4.93 Å². The molecule has 0 fully saturated rings. The maximum absolute atomic E-state index is 3.65. The summed E-state index contributed by atoms with van der Waals surface area (Å²) in [7, 11) is 0. The molecule has 0 unspecified atom stereocenters. The molecule has 3 aromatic carbocycles. The number of fused-ring (bicyclic) bond motifs is 3. The van der Waals surface area contributed by atoms with Crippen LogP contribution < -0.4 is 0 Å². The van der Waals surface area contributed by atoms with Crippen molar-refractivity contribution in [2.24, 2.45) is 0 Å². The van der Waals surface area contributed by atoms with Crippen molar-refractivity contribution in [3.63, 3.8) is 0 Å². The summed E-state index contributed by atoms with van der Waals surface area (Å²) in [6, 6.07) is 22.3. The number of halogens is 1. The van der Waals surface area contributed by atoms with Crippen LogP contribution in [0.1, 0.15) is 52.7 Å². The summed E-state index contributed by atoms with van der Waals surface area (Å²) in [6.45, 7) is 13.7. The van der Waals surface area contributed by atoms with Gasteiger partial charge in [0.15, 0.2) is 0 Å². The molecule has 0 N–H and O–H groups in total. The van der Waals surface area contributed by atoms with Gasteiger partial charge in [0.25, 0.3) is 0 Å². The summed E-state index contributed by atoms with van der Waals surface area (Å²) in [5.74, 6) is 0. The molecule has 0 radical (unpaired) electrons. The predicted octanol–water partition coefficient (Wildman–Crippen LogP) is 8.14. The maximum atomic E-state index is 3.65. The van der Waals surface area contributed by atoms with Crippen LogP contribution in [0, 0.1) is 0 Å². The van der Waals surface area contributed by atoms with Crippen molar-refractivity contribution in [1.29, 1.82) is 0 Å². The Balaban J connectivity index is 2.21. The molecule has 1 heterocycles. The van der Waals surface area contributed by atoms with Crippen LogP contribution in [-0.2, 0) is 10.8 Å². The van der Waals surface area contributed by atoms with Gasteiger partial charge in [0.2, 0.25) is 0 Å². The lowest BCUT2D eigenvalue weighted by atomic mass is 9.83. The highest BCUT2D eigenvalue weighted by atomic mass is 79.9. The fraction of sp³-hybridized carbons (Fsp3) is 0.308. The Morgan fingerprint density at radius 1 is 0.714 bits per heavy atom. The first kappa shape index (κ1) is 19.3. The van der Waals surface area contributed by atoms with Gasteiger partial charge in [-0.25, -0.2) is 0 Å². The molecule has 0 amide bonds. The lowest BCUT2D eigenvalue weighted by Crippen LogP contribution is -2.11. The summed E-state index contributed by atoms with van der Waals surface area (Å²) in [6.07, 6.45) is 0. The quantitative estimate of drug-likeness (QED) is 0.285. The van der Waals surface area contributed by atoms with E-state index in [-0.39, 0.29) is 10.8 Å². The number of hydrogen-bond acceptors (Lipinski definition) is 0. The third-order valence-corrected chi connectivity index (χ3v) is 6.03. The maximum Gasteiger partial charge on any atom is 0.0544 e. The average molecular weight is 434 g/mol. The van der Waals surface area contributed by atoms with E-state index < -0.39 is 0 Å². The lowest BCUT2D eigenvalue weighted by Gasteiger charge is -2.21. The molecule has 0 atom stereocenters. The summed E-state index contributed by atoms with van der Waals surface area (Å²) >= 11 is 3.65. The SMILES string of the molecule is CC(C)(C)c1ccc2c3c(C(C)(C)C)cccc3n(-c3cccc(Br)c3)c2c1. The first-order valence-corrected chi connectivity index (χ1v) is 10.7. The fourth-order valence-electron chi connectivity index (χ4n) is 4.05. The van der Waals surface area contributed by atoms with Gasteiger partial charge >= 0.3 is 0 Å². The summed E-state index contributed by atoms with van der Waals surface area (Å²) < 4.78 is 3.51. The van der Waals surface area contributed by atoms with E-state index in [1.165, 1.54) is 38.6 Å². The number of benzene rings is 3. The second-order valence-corrected chi connectivity index (χ2v) is 10.7. The number of aromatic nitrogens is 1. The largest absolute Gasteiger partial charge is 0.309 e. The van der Waals surface area contributed by atoms with Gasteiger partial charge in [-0.1, -0.05) is 87.8 Å². The third-order valence-electron chi connectivity index (χ3n) is 5.53. The van der Waals surface area contributed by atoms with Crippen molar-refractivity contribution in [3.05, 3.63) is 76.3 Å². The second-order valence-electron chi connectivity index (χ2n) is 9.75. The molecule has 144 valence electrons. The number of rotatable bonds is 1. The van der Waals surface area contributed by atoms with E-state index in [2.05, 4.69) is 123 Å². The summed E-state index contributed by atoms with van der Waals surface area (Å²) in [5, 5.41) is 2.69. The molecule has 0 aliphatic heterocycles. The van der Waals surface area contributed by atoms with Crippen molar-refractivity contribution in [2.45, 2.75) is 52.4 Å². The molecule has 0 aliphatic rings. The first-order valence-electron chi connectivity index (χ1n) is 9.91. The molecule has 2 heteroatoms. The Kier molecular flexibility index (Phi) is 4.46. The molecule has 0 aliphatic carbocycles. The van der Waals surface area contributed by atoms with Crippen LogP contribution in [0.3, 0.4) is 0 Å². The predicted molar refractivity (Wildman–Crippen MR) is 126 cm³/mol. The van der Waals surface area contributed by atoms with Gasteiger partial charge in [0.1, 0.15) is 0 Å². The minimum atomic E-state index is 0.0819. The van der Waals surface area contributed by atoms with Crippen LogP contribution in [0.2, 0.25) is 0 Å². The van der Waals surface area contributed by atoms with E-state index in [1.54, 1.807) is 0 Å². The Bertz CT molecular complexity index is 1180. The summed E-state index contributed by atoms with van der Waals surface area (Å²) in [4.78, 5) is 0. The van der Waals surface area contributed by atoms with Crippen LogP contribution in [0.5, 0.6) is 0 Å². The van der Waals surface area contributed by atoms with Crippen molar-refractivity contribution < 1.29 is 0 Å². The molecule has 0 bridgehead atoms. The Morgan fingerprint density at radius 2 is 1.43 bits per heavy atom. The van der Waals surface area contributed by atoms with Gasteiger partial charge in [0.05, 0.1) is 11.0 Å². The van der Waals surface area contributed by atoms with Gasteiger partial charge in [-0.2, -0.15) is 0 Å². The normalized spacial score (nSPS) is 12.8. The highest BCUT2D eigenvalue weighted by Gasteiger charge is 2.23. The second kappa shape index (κ2) is 6.49. The van der Waals surface area contributed by atoms with Crippen LogP contribution in [0.4, 0.5) is 0 Å². The van der Waals surface area contributed by atoms with Crippen molar-refractivity contribution in [3.8, 4) is 5.69 Å². The van der Waals surface area contributed by atoms with Crippen LogP contribution >= 0.6 is 15.9 Å². The highest BCUT2D eigenvalue weighted by Crippen LogP contribution is 2.40. The van der Waals surface area contributed by atoms with Crippen LogP contribution in [0.15, 0.2) is 65.1 Å². The van der Waals surface area contributed by atoms with E-state index >= 15 is 0 Å².